The minimum atomic E-state index is -0.588. The monoisotopic (exact) mass is 417 g/mol. The topological polar surface area (TPSA) is 102 Å². The van der Waals surface area contributed by atoms with Crippen molar-refractivity contribution in [1.82, 2.24) is 9.88 Å². The molecule has 9 heteroatoms. The molecule has 2 aliphatic heterocycles. The summed E-state index contributed by atoms with van der Waals surface area (Å²) in [6, 6.07) is 4.01. The number of anilines is 1. The van der Waals surface area contributed by atoms with Gasteiger partial charge in [-0.05, 0) is 32.8 Å². The molecule has 2 atom stereocenters. The van der Waals surface area contributed by atoms with Crippen LogP contribution in [0.25, 0.3) is 0 Å². The molecule has 3 rings (SSSR count). The van der Waals surface area contributed by atoms with Gasteiger partial charge in [-0.25, -0.2) is 9.78 Å². The lowest BCUT2D eigenvalue weighted by Gasteiger charge is -2.37. The number of amides is 1. The van der Waals surface area contributed by atoms with Gasteiger partial charge in [0, 0.05) is 19.6 Å². The molecule has 0 saturated carbocycles. The van der Waals surface area contributed by atoms with Crippen LogP contribution in [0.3, 0.4) is 0 Å². The molecule has 0 N–H and O–H groups in total. The number of pyridine rings is 1. The Morgan fingerprint density at radius 1 is 1.31 bits per heavy atom. The Labute approximate surface area is 175 Å². The van der Waals surface area contributed by atoms with Gasteiger partial charge in [-0.2, -0.15) is 10.5 Å². The predicted molar refractivity (Wildman–Crippen MR) is 107 cm³/mol. The van der Waals surface area contributed by atoms with Gasteiger partial charge < -0.3 is 14.4 Å². The van der Waals surface area contributed by atoms with Gasteiger partial charge in [0.25, 0.3) is 0 Å². The highest BCUT2D eigenvalue weighted by Crippen LogP contribution is 2.33. The number of carbonyl (C=O) groups is 1. The molecule has 0 aromatic carbocycles. The van der Waals surface area contributed by atoms with Gasteiger partial charge in [0.15, 0.2) is 0 Å². The summed E-state index contributed by atoms with van der Waals surface area (Å²) in [5, 5.41) is 19.2. The molecule has 2 saturated heterocycles. The number of fused-ring (bicyclic) bond motifs is 1. The van der Waals surface area contributed by atoms with E-state index >= 15 is 0 Å². The zero-order valence-corrected chi connectivity index (χ0v) is 17.8. The molecule has 1 aromatic rings. The van der Waals surface area contributed by atoms with Crippen LogP contribution in [0.5, 0.6) is 0 Å². The highest BCUT2D eigenvalue weighted by atomic mass is 35.5. The molecule has 2 unspecified atom stereocenters. The van der Waals surface area contributed by atoms with Crippen LogP contribution in [0, 0.1) is 22.7 Å². The number of rotatable bonds is 2. The highest BCUT2D eigenvalue weighted by molar-refractivity contribution is 6.30. The summed E-state index contributed by atoms with van der Waals surface area (Å²) in [4.78, 5) is 20.6. The molecule has 2 fully saturated rings. The van der Waals surface area contributed by atoms with E-state index in [1.54, 1.807) is 4.90 Å². The van der Waals surface area contributed by atoms with Crippen molar-refractivity contribution in [2.45, 2.75) is 51.9 Å². The molecule has 3 heterocycles. The average molecular weight is 418 g/mol. The summed E-state index contributed by atoms with van der Waals surface area (Å²) < 4.78 is 11.4. The van der Waals surface area contributed by atoms with E-state index in [1.807, 2.05) is 38.7 Å². The molecular weight excluding hydrogens is 394 g/mol. The molecule has 154 valence electrons. The first-order chi connectivity index (χ1) is 13.7. The quantitative estimate of drug-likeness (QED) is 0.681. The second-order valence-electron chi connectivity index (χ2n) is 8.09. The van der Waals surface area contributed by atoms with Crippen LogP contribution in [0.15, 0.2) is 0 Å². The third kappa shape index (κ3) is 4.10. The fourth-order valence-corrected chi connectivity index (χ4v) is 4.05. The number of nitrogens with zero attached hydrogens (tertiary/aromatic N) is 5. The van der Waals surface area contributed by atoms with Crippen LogP contribution < -0.4 is 4.90 Å². The van der Waals surface area contributed by atoms with Crippen LogP contribution in [0.1, 0.15) is 44.4 Å². The maximum absolute atomic E-state index is 12.7. The van der Waals surface area contributed by atoms with Crippen molar-refractivity contribution in [1.29, 1.82) is 10.5 Å². The first kappa shape index (κ1) is 21.2. The summed E-state index contributed by atoms with van der Waals surface area (Å²) >= 11 is 6.24. The smallest absolute Gasteiger partial charge is 0.410 e. The van der Waals surface area contributed by atoms with E-state index < -0.39 is 5.60 Å². The Morgan fingerprint density at radius 2 is 2.00 bits per heavy atom. The molecule has 0 bridgehead atoms. The van der Waals surface area contributed by atoms with Gasteiger partial charge in [0.05, 0.1) is 29.9 Å². The standard InChI is InChI=1S/C20H24ClN5O3/c1-5-12-13(8-22)17(21)24-18(14(12)9-23)25-10-15-16(11-25)28-7-6-26(15)19(27)29-20(2,3)4/h15-16H,5-7,10-11H2,1-4H3. The SMILES string of the molecule is CCc1c(C#N)c(Cl)nc(N2CC3OCCN(C(=O)OC(C)(C)C)C3C2)c1C#N. The van der Waals surface area contributed by atoms with Gasteiger partial charge >= 0.3 is 6.09 Å². The summed E-state index contributed by atoms with van der Waals surface area (Å²) in [6.45, 7) is 9.13. The van der Waals surface area contributed by atoms with Crippen LogP contribution in [-0.4, -0.2) is 60.0 Å². The molecular formula is C20H24ClN5O3. The number of hydrogen-bond donors (Lipinski definition) is 0. The van der Waals surface area contributed by atoms with Crippen molar-refractivity contribution in [3.8, 4) is 12.1 Å². The molecule has 29 heavy (non-hydrogen) atoms. The maximum Gasteiger partial charge on any atom is 0.410 e. The third-order valence-corrected chi connectivity index (χ3v) is 5.32. The second-order valence-corrected chi connectivity index (χ2v) is 8.45. The summed E-state index contributed by atoms with van der Waals surface area (Å²) in [6.07, 6.45) is -0.107. The molecule has 0 aliphatic carbocycles. The van der Waals surface area contributed by atoms with Gasteiger partial charge in [0.2, 0.25) is 0 Å². The number of morpholine rings is 1. The Hall–Kier alpha value is -2.55. The van der Waals surface area contributed by atoms with E-state index in [1.165, 1.54) is 0 Å². The Kier molecular flexibility index (Phi) is 5.88. The summed E-state index contributed by atoms with van der Waals surface area (Å²) in [7, 11) is 0. The Bertz CT molecular complexity index is 899. The molecule has 1 aromatic heterocycles. The third-order valence-electron chi connectivity index (χ3n) is 5.04. The molecule has 2 aliphatic rings. The van der Waals surface area contributed by atoms with Crippen molar-refractivity contribution in [3.63, 3.8) is 0 Å². The number of halogens is 1. The second kappa shape index (κ2) is 8.06. The molecule has 1 amide bonds. The number of ether oxygens (including phenoxy) is 2. The van der Waals surface area contributed by atoms with Gasteiger partial charge in [-0.15, -0.1) is 0 Å². The zero-order valence-electron chi connectivity index (χ0n) is 17.0. The van der Waals surface area contributed by atoms with Crippen LogP contribution in [-0.2, 0) is 15.9 Å². The van der Waals surface area contributed by atoms with Gasteiger partial charge in [0.1, 0.15) is 28.7 Å². The Balaban J connectivity index is 1.92. The first-order valence-corrected chi connectivity index (χ1v) is 9.96. The summed E-state index contributed by atoms with van der Waals surface area (Å²) in [5.41, 5.74) is 0.577. The zero-order chi connectivity index (χ0) is 21.3. The van der Waals surface area contributed by atoms with Gasteiger partial charge in [-0.3, -0.25) is 4.90 Å². The van der Waals surface area contributed by atoms with Crippen molar-refractivity contribution in [2.75, 3.05) is 31.1 Å². The van der Waals surface area contributed by atoms with Crippen LogP contribution in [0.2, 0.25) is 5.15 Å². The van der Waals surface area contributed by atoms with Crippen molar-refractivity contribution >= 4 is 23.5 Å². The fourth-order valence-electron chi connectivity index (χ4n) is 3.81. The molecule has 0 spiro atoms. The van der Waals surface area contributed by atoms with Crippen molar-refractivity contribution in [3.05, 3.63) is 21.8 Å². The van der Waals surface area contributed by atoms with Crippen LogP contribution in [0.4, 0.5) is 10.6 Å². The minimum Gasteiger partial charge on any atom is -0.444 e. The van der Waals surface area contributed by atoms with E-state index in [0.717, 1.165) is 0 Å². The van der Waals surface area contributed by atoms with Crippen molar-refractivity contribution < 1.29 is 14.3 Å². The largest absolute Gasteiger partial charge is 0.444 e. The van der Waals surface area contributed by atoms with E-state index in [9.17, 15) is 15.3 Å². The number of nitriles is 2. The van der Waals surface area contributed by atoms with Gasteiger partial charge in [-0.1, -0.05) is 18.5 Å². The van der Waals surface area contributed by atoms with E-state index in [4.69, 9.17) is 21.1 Å². The van der Waals surface area contributed by atoms with Crippen LogP contribution >= 0.6 is 11.6 Å². The lowest BCUT2D eigenvalue weighted by molar-refractivity contribution is -0.0567. The lowest BCUT2D eigenvalue weighted by atomic mass is 10.0. The average Bonchev–Trinajstić information content (AvgIpc) is 3.09. The highest BCUT2D eigenvalue weighted by Gasteiger charge is 2.44. The van der Waals surface area contributed by atoms with E-state index in [0.29, 0.717) is 49.6 Å². The molecule has 0 radical (unpaired) electrons. The van der Waals surface area contributed by atoms with E-state index in [-0.39, 0.29) is 29.0 Å². The minimum absolute atomic E-state index is 0.0816. The number of hydrogen-bond acceptors (Lipinski definition) is 7. The first-order valence-electron chi connectivity index (χ1n) is 9.58. The molecule has 8 nitrogen and oxygen atoms in total. The predicted octanol–water partition coefficient (Wildman–Crippen LogP) is 2.87. The lowest BCUT2D eigenvalue weighted by Crippen LogP contribution is -2.54. The Morgan fingerprint density at radius 3 is 2.59 bits per heavy atom. The maximum atomic E-state index is 12.7. The number of carbonyl (C=O) groups excluding carboxylic acids is 1. The fraction of sp³-hybridized carbons (Fsp3) is 0.600. The van der Waals surface area contributed by atoms with Crippen molar-refractivity contribution in [2.24, 2.45) is 0 Å². The number of aromatic nitrogens is 1. The van der Waals surface area contributed by atoms with E-state index in [2.05, 4.69) is 11.1 Å². The normalized spacial score (nSPS) is 21.3. The summed E-state index contributed by atoms with van der Waals surface area (Å²) in [5.74, 6) is 0.426.